The predicted molar refractivity (Wildman–Crippen MR) is 98.0 cm³/mol. The molecule has 0 aliphatic heterocycles. The van der Waals surface area contributed by atoms with E-state index in [0.29, 0.717) is 0 Å². The number of nitrogens with one attached hydrogen (secondary N) is 1. The van der Waals surface area contributed by atoms with Crippen molar-refractivity contribution in [1.82, 2.24) is 4.98 Å². The van der Waals surface area contributed by atoms with Crippen molar-refractivity contribution in [2.45, 2.75) is 12.6 Å². The van der Waals surface area contributed by atoms with E-state index in [0.717, 1.165) is 22.0 Å². The van der Waals surface area contributed by atoms with Gasteiger partial charge in [0.25, 0.3) is 0 Å². The van der Waals surface area contributed by atoms with Gasteiger partial charge in [-0.25, -0.2) is 0 Å². The number of carboxylic acid groups (broad SMARTS) is 1. The van der Waals surface area contributed by atoms with Crippen LogP contribution in [0.2, 0.25) is 0 Å². The van der Waals surface area contributed by atoms with E-state index in [-0.39, 0.29) is 18.7 Å². The molecule has 0 bridgehead atoms. The maximum absolute atomic E-state index is 12.6. The number of aromatic nitrogens is 1. The molecule has 25 heavy (non-hydrogen) atoms. The molecule has 0 radical (unpaired) electrons. The fraction of sp³-hybridized carbons (Fsp3) is 0.211. The van der Waals surface area contributed by atoms with Crippen LogP contribution in [0, 0.1) is 5.92 Å². The number of aliphatic carboxylic acids is 1. The molecule has 0 saturated heterocycles. The molecule has 130 valence electrons. The van der Waals surface area contributed by atoms with Crippen molar-refractivity contribution in [3.63, 3.8) is 0 Å². The number of benzene rings is 2. The molecular formula is C19H20NO4P. The number of hydrogen-bond donors (Lipinski definition) is 3. The van der Waals surface area contributed by atoms with Gasteiger partial charge in [0.1, 0.15) is 0 Å². The summed E-state index contributed by atoms with van der Waals surface area (Å²) < 4.78 is 12.6. The highest BCUT2D eigenvalue weighted by Gasteiger charge is 2.29. The summed E-state index contributed by atoms with van der Waals surface area (Å²) in [6, 6.07) is 16.5. The van der Waals surface area contributed by atoms with Crippen LogP contribution in [-0.4, -0.2) is 27.1 Å². The summed E-state index contributed by atoms with van der Waals surface area (Å²) >= 11 is 0. The van der Waals surface area contributed by atoms with Crippen molar-refractivity contribution in [2.24, 2.45) is 5.92 Å². The SMILES string of the molecule is O=C(O)C(Cc1cccc2[nH]ccc12)CP(=O)(O)Cc1ccccc1. The minimum Gasteiger partial charge on any atom is -0.481 e. The lowest BCUT2D eigenvalue weighted by Gasteiger charge is -2.18. The molecule has 2 aromatic carbocycles. The van der Waals surface area contributed by atoms with Crippen molar-refractivity contribution in [2.75, 3.05) is 6.16 Å². The average molecular weight is 357 g/mol. The maximum Gasteiger partial charge on any atom is 0.307 e. The van der Waals surface area contributed by atoms with Gasteiger partial charge >= 0.3 is 5.97 Å². The number of H-pyrrole nitrogens is 1. The first-order valence-electron chi connectivity index (χ1n) is 8.07. The lowest BCUT2D eigenvalue weighted by Crippen LogP contribution is -2.21. The minimum absolute atomic E-state index is 0.00796. The summed E-state index contributed by atoms with van der Waals surface area (Å²) in [7, 11) is -3.60. The van der Waals surface area contributed by atoms with E-state index < -0.39 is 19.3 Å². The standard InChI is InChI=1S/C19H20NO4P/c21-19(22)16(11-15-7-4-8-18-17(15)9-10-20-18)13-25(23,24)12-14-5-2-1-3-6-14/h1-10,16,20H,11-13H2,(H,21,22)(H,23,24). The zero-order valence-corrected chi connectivity index (χ0v) is 14.5. The Kier molecular flexibility index (Phi) is 5.07. The third-order valence-corrected chi connectivity index (χ3v) is 6.15. The van der Waals surface area contributed by atoms with Gasteiger partial charge in [0.2, 0.25) is 7.37 Å². The van der Waals surface area contributed by atoms with E-state index in [1.807, 2.05) is 30.3 Å². The molecule has 1 aromatic heterocycles. The van der Waals surface area contributed by atoms with Gasteiger partial charge in [0.05, 0.1) is 5.92 Å². The zero-order chi connectivity index (χ0) is 17.9. The molecule has 5 nitrogen and oxygen atoms in total. The molecule has 0 aliphatic rings. The number of rotatable bonds is 7. The molecule has 3 N–H and O–H groups in total. The molecule has 1 heterocycles. The highest BCUT2D eigenvalue weighted by atomic mass is 31.2. The lowest BCUT2D eigenvalue weighted by molar-refractivity contribution is -0.140. The van der Waals surface area contributed by atoms with Gasteiger partial charge in [-0.3, -0.25) is 9.36 Å². The van der Waals surface area contributed by atoms with Gasteiger partial charge in [-0.2, -0.15) is 0 Å². The smallest absolute Gasteiger partial charge is 0.307 e. The van der Waals surface area contributed by atoms with E-state index in [2.05, 4.69) is 4.98 Å². The molecule has 0 amide bonds. The van der Waals surface area contributed by atoms with Crippen LogP contribution in [-0.2, 0) is 21.9 Å². The van der Waals surface area contributed by atoms with Gasteiger partial charge < -0.3 is 15.0 Å². The molecule has 0 spiro atoms. The number of carboxylic acids is 1. The number of carbonyl (C=O) groups is 1. The average Bonchev–Trinajstić information content (AvgIpc) is 3.04. The van der Waals surface area contributed by atoms with Crippen molar-refractivity contribution in [1.29, 1.82) is 0 Å². The van der Waals surface area contributed by atoms with Crippen LogP contribution in [0.4, 0.5) is 0 Å². The van der Waals surface area contributed by atoms with Crippen LogP contribution in [0.5, 0.6) is 0 Å². The Hall–Kier alpha value is -2.36. The molecule has 0 saturated carbocycles. The van der Waals surface area contributed by atoms with Gasteiger partial charge in [-0.15, -0.1) is 0 Å². The fourth-order valence-electron chi connectivity index (χ4n) is 3.10. The normalized spacial score (nSPS) is 14.9. The molecule has 2 atom stereocenters. The Morgan fingerprint density at radius 1 is 1.08 bits per heavy atom. The summed E-state index contributed by atoms with van der Waals surface area (Å²) in [6.07, 6.45) is 1.78. The topological polar surface area (TPSA) is 90.4 Å². The molecule has 0 fully saturated rings. The Labute approximate surface area is 145 Å². The summed E-state index contributed by atoms with van der Waals surface area (Å²) in [4.78, 5) is 25.1. The second-order valence-electron chi connectivity index (χ2n) is 6.27. The molecule has 3 rings (SSSR count). The minimum atomic E-state index is -3.60. The Bertz CT molecular complexity index is 919. The summed E-state index contributed by atoms with van der Waals surface area (Å²) in [5, 5.41) is 10.5. The maximum atomic E-state index is 12.6. The third-order valence-electron chi connectivity index (χ3n) is 4.28. The van der Waals surface area contributed by atoms with Gasteiger partial charge in [0, 0.05) is 29.4 Å². The van der Waals surface area contributed by atoms with Gasteiger partial charge in [-0.05, 0) is 29.7 Å². The lowest BCUT2D eigenvalue weighted by atomic mass is 9.98. The molecule has 0 aliphatic carbocycles. The summed E-state index contributed by atoms with van der Waals surface area (Å²) in [5.41, 5.74) is 2.54. The second-order valence-corrected chi connectivity index (χ2v) is 8.64. The van der Waals surface area contributed by atoms with E-state index >= 15 is 0 Å². The van der Waals surface area contributed by atoms with Crippen LogP contribution >= 0.6 is 7.37 Å². The highest BCUT2D eigenvalue weighted by molar-refractivity contribution is 7.57. The van der Waals surface area contributed by atoms with Crippen molar-refractivity contribution in [3.05, 3.63) is 71.9 Å². The van der Waals surface area contributed by atoms with E-state index in [1.165, 1.54) is 0 Å². The third kappa shape index (κ3) is 4.38. The summed E-state index contributed by atoms with van der Waals surface area (Å²) in [5.74, 6) is -1.95. The van der Waals surface area contributed by atoms with Gasteiger partial charge in [-0.1, -0.05) is 42.5 Å². The molecule has 2 unspecified atom stereocenters. The largest absolute Gasteiger partial charge is 0.481 e. The van der Waals surface area contributed by atoms with E-state index in [4.69, 9.17) is 0 Å². The molecule has 6 heteroatoms. The quantitative estimate of drug-likeness (QED) is 0.560. The Morgan fingerprint density at radius 3 is 2.56 bits per heavy atom. The first kappa shape index (κ1) is 17.5. The number of hydrogen-bond acceptors (Lipinski definition) is 2. The summed E-state index contributed by atoms with van der Waals surface area (Å²) in [6.45, 7) is 0. The second kappa shape index (κ2) is 7.26. The first-order chi connectivity index (χ1) is 11.9. The molecule has 3 aromatic rings. The monoisotopic (exact) mass is 357 g/mol. The van der Waals surface area contributed by atoms with Crippen molar-refractivity contribution >= 4 is 24.2 Å². The van der Waals surface area contributed by atoms with E-state index in [9.17, 15) is 19.4 Å². The number of fused-ring (bicyclic) bond motifs is 1. The predicted octanol–water partition coefficient (Wildman–Crippen LogP) is 3.88. The first-order valence-corrected chi connectivity index (χ1v) is 10.1. The van der Waals surface area contributed by atoms with Gasteiger partial charge in [0.15, 0.2) is 0 Å². The zero-order valence-electron chi connectivity index (χ0n) is 13.6. The highest BCUT2D eigenvalue weighted by Crippen LogP contribution is 2.46. The fourth-order valence-corrected chi connectivity index (χ4v) is 4.99. The molecular weight excluding hydrogens is 337 g/mol. The van der Waals surface area contributed by atoms with E-state index in [1.54, 1.807) is 30.5 Å². The van der Waals surface area contributed by atoms with Crippen LogP contribution in [0.15, 0.2) is 60.8 Å². The van der Waals surface area contributed by atoms with Crippen molar-refractivity contribution in [3.8, 4) is 0 Å². The van der Waals surface area contributed by atoms with Crippen LogP contribution in [0.25, 0.3) is 10.9 Å². The van der Waals surface area contributed by atoms with Crippen molar-refractivity contribution < 1.29 is 19.4 Å². The van der Waals surface area contributed by atoms with Crippen LogP contribution in [0.3, 0.4) is 0 Å². The van der Waals surface area contributed by atoms with Crippen LogP contribution < -0.4 is 0 Å². The Morgan fingerprint density at radius 2 is 1.84 bits per heavy atom. The Balaban J connectivity index is 1.78. The number of aromatic amines is 1. The van der Waals surface area contributed by atoms with Crippen LogP contribution in [0.1, 0.15) is 11.1 Å².